The first-order chi connectivity index (χ1) is 8.93. The van der Waals surface area contributed by atoms with Gasteiger partial charge in [-0.05, 0) is 17.7 Å². The molecule has 0 bridgehead atoms. The minimum Gasteiger partial charge on any atom is -0.396 e. The molecule has 3 atom stereocenters. The highest BCUT2D eigenvalue weighted by molar-refractivity contribution is 7.92. The highest BCUT2D eigenvalue weighted by atomic mass is 32.2. The van der Waals surface area contributed by atoms with E-state index in [1.54, 1.807) is 13.0 Å². The van der Waals surface area contributed by atoms with Crippen LogP contribution in [0.3, 0.4) is 0 Å². The lowest BCUT2D eigenvalue weighted by atomic mass is 10.00. The molecular formula is C13H18FNO3S. The summed E-state index contributed by atoms with van der Waals surface area (Å²) in [5.41, 5.74) is 5.38. The van der Waals surface area contributed by atoms with Gasteiger partial charge in [-0.15, -0.1) is 0 Å². The maximum Gasteiger partial charge on any atom is 0.154 e. The molecule has 0 heterocycles. The standard InChI is InChI=1S/C13H18FNO3S/c1-2-19(17,18)12-11(13(12,7-15)8-16)9-4-3-5-10(14)6-9/h3-6,11-12,16H,2,7-8,15H2,1H3/t11-,12-,13-/m1/s1. The first-order valence-electron chi connectivity index (χ1n) is 6.21. The van der Waals surface area contributed by atoms with E-state index in [-0.39, 0.29) is 18.9 Å². The Morgan fingerprint density at radius 2 is 2.16 bits per heavy atom. The maximum absolute atomic E-state index is 13.3. The van der Waals surface area contributed by atoms with Gasteiger partial charge in [-0.3, -0.25) is 0 Å². The third-order valence-corrected chi connectivity index (χ3v) is 6.37. The van der Waals surface area contributed by atoms with Crippen LogP contribution in [0.25, 0.3) is 0 Å². The Labute approximate surface area is 112 Å². The summed E-state index contributed by atoms with van der Waals surface area (Å²) in [6.45, 7) is 1.32. The van der Waals surface area contributed by atoms with Gasteiger partial charge in [0, 0.05) is 23.6 Å². The van der Waals surface area contributed by atoms with Crippen LogP contribution in [0.1, 0.15) is 18.4 Å². The normalized spacial score (nSPS) is 30.3. The van der Waals surface area contributed by atoms with E-state index in [2.05, 4.69) is 0 Å². The number of hydrogen-bond donors (Lipinski definition) is 2. The van der Waals surface area contributed by atoms with E-state index in [4.69, 9.17) is 5.73 Å². The summed E-state index contributed by atoms with van der Waals surface area (Å²) in [7, 11) is -3.33. The van der Waals surface area contributed by atoms with Crippen LogP contribution in [-0.4, -0.2) is 37.7 Å². The molecule has 19 heavy (non-hydrogen) atoms. The van der Waals surface area contributed by atoms with E-state index in [1.165, 1.54) is 18.2 Å². The smallest absolute Gasteiger partial charge is 0.154 e. The van der Waals surface area contributed by atoms with Gasteiger partial charge in [0.25, 0.3) is 0 Å². The Bertz CT molecular complexity index is 569. The van der Waals surface area contributed by atoms with Crippen LogP contribution in [0.15, 0.2) is 24.3 Å². The number of aliphatic hydroxyl groups is 1. The van der Waals surface area contributed by atoms with Crippen LogP contribution in [0.4, 0.5) is 4.39 Å². The van der Waals surface area contributed by atoms with Gasteiger partial charge in [0.1, 0.15) is 5.82 Å². The Hall–Kier alpha value is -0.980. The van der Waals surface area contributed by atoms with Gasteiger partial charge < -0.3 is 10.8 Å². The molecule has 1 aliphatic rings. The maximum atomic E-state index is 13.3. The number of nitrogens with two attached hydrogens (primary N) is 1. The SMILES string of the molecule is CCS(=O)(=O)[C@@H]1[C@@H](c2cccc(F)c2)[C@@]1(CN)CO. The van der Waals surface area contributed by atoms with Crippen molar-refractivity contribution in [3.8, 4) is 0 Å². The molecule has 1 fully saturated rings. The molecule has 1 aliphatic carbocycles. The Kier molecular flexibility index (Phi) is 3.68. The summed E-state index contributed by atoms with van der Waals surface area (Å²) in [5, 5.41) is 8.83. The van der Waals surface area contributed by atoms with Crippen LogP contribution in [0, 0.1) is 11.2 Å². The Morgan fingerprint density at radius 3 is 2.63 bits per heavy atom. The average molecular weight is 287 g/mol. The third kappa shape index (κ3) is 2.17. The van der Waals surface area contributed by atoms with Crippen molar-refractivity contribution in [2.24, 2.45) is 11.1 Å². The summed E-state index contributed by atoms with van der Waals surface area (Å²) in [6.07, 6.45) is 0. The van der Waals surface area contributed by atoms with Gasteiger partial charge in [-0.1, -0.05) is 19.1 Å². The van der Waals surface area contributed by atoms with Crippen LogP contribution in [-0.2, 0) is 9.84 Å². The lowest BCUT2D eigenvalue weighted by Gasteiger charge is -2.11. The van der Waals surface area contributed by atoms with Crippen molar-refractivity contribution in [1.82, 2.24) is 0 Å². The topological polar surface area (TPSA) is 80.4 Å². The van der Waals surface area contributed by atoms with E-state index >= 15 is 0 Å². The average Bonchev–Trinajstić information content (AvgIpc) is 3.09. The lowest BCUT2D eigenvalue weighted by molar-refractivity contribution is 0.212. The summed E-state index contributed by atoms with van der Waals surface area (Å²) in [5.74, 6) is -0.852. The first kappa shape index (κ1) is 14.4. The predicted octanol–water partition coefficient (Wildman–Crippen LogP) is 0.664. The second-order valence-corrected chi connectivity index (χ2v) is 7.41. The Balaban J connectivity index is 2.45. The molecule has 1 aromatic rings. The molecule has 0 aliphatic heterocycles. The van der Waals surface area contributed by atoms with Crippen LogP contribution in [0.2, 0.25) is 0 Å². The fourth-order valence-electron chi connectivity index (χ4n) is 2.90. The van der Waals surface area contributed by atoms with Crippen LogP contribution in [0.5, 0.6) is 0 Å². The molecule has 0 saturated heterocycles. The molecule has 1 aromatic carbocycles. The molecule has 1 saturated carbocycles. The molecule has 0 aromatic heterocycles. The van der Waals surface area contributed by atoms with Crippen LogP contribution < -0.4 is 5.73 Å². The quantitative estimate of drug-likeness (QED) is 0.834. The molecule has 2 rings (SSSR count). The number of benzene rings is 1. The van der Waals surface area contributed by atoms with E-state index in [9.17, 15) is 17.9 Å². The second-order valence-electron chi connectivity index (χ2n) is 5.00. The minimum absolute atomic E-state index is 0.00870. The van der Waals surface area contributed by atoms with Gasteiger partial charge in [-0.25, -0.2) is 12.8 Å². The van der Waals surface area contributed by atoms with Crippen molar-refractivity contribution in [2.45, 2.75) is 18.1 Å². The highest BCUT2D eigenvalue weighted by Gasteiger charge is 2.69. The molecule has 6 heteroatoms. The summed E-state index contributed by atoms with van der Waals surface area (Å²) >= 11 is 0. The van der Waals surface area contributed by atoms with Crippen molar-refractivity contribution in [3.63, 3.8) is 0 Å². The predicted molar refractivity (Wildman–Crippen MR) is 71.0 cm³/mol. The van der Waals surface area contributed by atoms with Crippen LogP contribution >= 0.6 is 0 Å². The zero-order valence-corrected chi connectivity index (χ0v) is 11.5. The molecular weight excluding hydrogens is 269 g/mol. The largest absolute Gasteiger partial charge is 0.396 e. The van der Waals surface area contributed by atoms with Gasteiger partial charge in [-0.2, -0.15) is 0 Å². The van der Waals surface area contributed by atoms with Crippen molar-refractivity contribution < 1.29 is 17.9 Å². The molecule has 0 radical (unpaired) electrons. The molecule has 4 nitrogen and oxygen atoms in total. The third-order valence-electron chi connectivity index (χ3n) is 4.05. The molecule has 3 N–H and O–H groups in total. The minimum atomic E-state index is -3.33. The van der Waals surface area contributed by atoms with E-state index in [1.807, 2.05) is 0 Å². The van der Waals surface area contributed by atoms with Crippen molar-refractivity contribution in [2.75, 3.05) is 18.9 Å². The Morgan fingerprint density at radius 1 is 1.47 bits per heavy atom. The van der Waals surface area contributed by atoms with Gasteiger partial charge >= 0.3 is 0 Å². The van der Waals surface area contributed by atoms with E-state index < -0.39 is 32.2 Å². The summed E-state index contributed by atoms with van der Waals surface area (Å²) in [4.78, 5) is 0. The van der Waals surface area contributed by atoms with Crippen molar-refractivity contribution in [3.05, 3.63) is 35.6 Å². The van der Waals surface area contributed by atoms with E-state index in [0.29, 0.717) is 5.56 Å². The number of hydrogen-bond acceptors (Lipinski definition) is 4. The highest BCUT2D eigenvalue weighted by Crippen LogP contribution is 2.62. The number of aliphatic hydroxyl groups excluding tert-OH is 1. The number of halogens is 1. The number of rotatable bonds is 5. The summed E-state index contributed by atoms with van der Waals surface area (Å²) in [6, 6.07) is 5.84. The molecule has 0 unspecified atom stereocenters. The monoisotopic (exact) mass is 287 g/mol. The summed E-state index contributed by atoms with van der Waals surface area (Å²) < 4.78 is 37.5. The molecule has 0 spiro atoms. The zero-order valence-electron chi connectivity index (χ0n) is 10.7. The lowest BCUT2D eigenvalue weighted by Crippen LogP contribution is -2.28. The molecule has 106 valence electrons. The van der Waals surface area contributed by atoms with E-state index in [0.717, 1.165) is 0 Å². The fraction of sp³-hybridized carbons (Fsp3) is 0.538. The molecule has 0 amide bonds. The van der Waals surface area contributed by atoms with Gasteiger partial charge in [0.15, 0.2) is 9.84 Å². The fourth-order valence-corrected chi connectivity index (χ4v) is 5.06. The first-order valence-corrected chi connectivity index (χ1v) is 7.92. The second kappa shape index (κ2) is 4.85. The van der Waals surface area contributed by atoms with Crippen molar-refractivity contribution in [1.29, 1.82) is 0 Å². The van der Waals surface area contributed by atoms with Crippen molar-refractivity contribution >= 4 is 9.84 Å². The van der Waals surface area contributed by atoms with Gasteiger partial charge in [0.05, 0.1) is 11.9 Å². The zero-order chi connectivity index (χ0) is 14.3. The van der Waals surface area contributed by atoms with Gasteiger partial charge in [0.2, 0.25) is 0 Å². The number of sulfone groups is 1.